The highest BCUT2D eigenvalue weighted by atomic mass is 16.6. The minimum Gasteiger partial charge on any atom is -0.467 e. The van der Waals surface area contributed by atoms with Crippen molar-refractivity contribution in [1.29, 1.82) is 0 Å². The van der Waals surface area contributed by atoms with Gasteiger partial charge in [0.2, 0.25) is 0 Å². The van der Waals surface area contributed by atoms with E-state index < -0.39 is 24.8 Å². The van der Waals surface area contributed by atoms with Crippen LogP contribution < -0.4 is 0 Å². The SMILES string of the molecule is COC(=O)C(OCC(O)CO)c1ccccc1. The first-order chi connectivity index (χ1) is 8.19. The molecule has 0 spiro atoms. The molecule has 2 N–H and O–H groups in total. The molecule has 0 aromatic heterocycles. The Balaban J connectivity index is 2.71. The topological polar surface area (TPSA) is 76.0 Å². The predicted octanol–water partition coefficient (Wildman–Crippen LogP) is 0.270. The van der Waals surface area contributed by atoms with Gasteiger partial charge in [0.15, 0.2) is 6.10 Å². The third kappa shape index (κ3) is 4.14. The Kier molecular flexibility index (Phi) is 5.62. The molecule has 94 valence electrons. The summed E-state index contributed by atoms with van der Waals surface area (Å²) >= 11 is 0. The first-order valence-corrected chi connectivity index (χ1v) is 5.22. The fourth-order valence-corrected chi connectivity index (χ4v) is 1.30. The Bertz CT molecular complexity index is 338. The fourth-order valence-electron chi connectivity index (χ4n) is 1.30. The zero-order chi connectivity index (χ0) is 12.7. The van der Waals surface area contributed by atoms with Crippen molar-refractivity contribution in [3.05, 3.63) is 35.9 Å². The largest absolute Gasteiger partial charge is 0.467 e. The number of carbonyl (C=O) groups is 1. The molecule has 0 saturated carbocycles. The van der Waals surface area contributed by atoms with Gasteiger partial charge in [-0.3, -0.25) is 0 Å². The van der Waals surface area contributed by atoms with Crippen LogP contribution in [-0.4, -0.2) is 42.6 Å². The predicted molar refractivity (Wildman–Crippen MR) is 60.2 cm³/mol. The third-order valence-electron chi connectivity index (χ3n) is 2.18. The number of hydrogen-bond acceptors (Lipinski definition) is 5. The Labute approximate surface area is 99.6 Å². The Morgan fingerprint density at radius 2 is 2.00 bits per heavy atom. The molecule has 0 heterocycles. The minimum absolute atomic E-state index is 0.134. The second-order valence-electron chi connectivity index (χ2n) is 3.48. The van der Waals surface area contributed by atoms with E-state index in [1.165, 1.54) is 7.11 Å². The number of aliphatic hydroxyl groups is 2. The number of rotatable bonds is 6. The number of ether oxygens (including phenoxy) is 2. The molecule has 5 nitrogen and oxygen atoms in total. The first kappa shape index (κ1) is 13.6. The zero-order valence-electron chi connectivity index (χ0n) is 9.57. The van der Waals surface area contributed by atoms with Crippen LogP contribution in [0.4, 0.5) is 0 Å². The molecule has 1 aromatic carbocycles. The average molecular weight is 240 g/mol. The summed E-state index contributed by atoms with van der Waals surface area (Å²) in [5.74, 6) is -0.540. The maximum absolute atomic E-state index is 11.5. The molecule has 1 rings (SSSR count). The molecule has 0 bridgehead atoms. The van der Waals surface area contributed by atoms with E-state index in [2.05, 4.69) is 4.74 Å². The highest BCUT2D eigenvalue weighted by Crippen LogP contribution is 2.18. The number of hydrogen-bond donors (Lipinski definition) is 2. The van der Waals surface area contributed by atoms with Crippen LogP contribution in [0, 0.1) is 0 Å². The van der Waals surface area contributed by atoms with Crippen LogP contribution in [0.15, 0.2) is 30.3 Å². The molecule has 0 radical (unpaired) electrons. The van der Waals surface area contributed by atoms with Gasteiger partial charge in [-0.2, -0.15) is 0 Å². The van der Waals surface area contributed by atoms with Gasteiger partial charge >= 0.3 is 5.97 Å². The smallest absolute Gasteiger partial charge is 0.339 e. The van der Waals surface area contributed by atoms with Gasteiger partial charge in [0.05, 0.1) is 20.3 Å². The van der Waals surface area contributed by atoms with Crippen LogP contribution in [0.2, 0.25) is 0 Å². The highest BCUT2D eigenvalue weighted by Gasteiger charge is 2.22. The average Bonchev–Trinajstić information content (AvgIpc) is 2.39. The van der Waals surface area contributed by atoms with E-state index >= 15 is 0 Å². The summed E-state index contributed by atoms with van der Waals surface area (Å²) in [6.07, 6.45) is -1.90. The van der Waals surface area contributed by atoms with Crippen molar-refractivity contribution in [2.45, 2.75) is 12.2 Å². The minimum atomic E-state index is -1.01. The number of benzene rings is 1. The molecule has 0 fully saturated rings. The molecule has 17 heavy (non-hydrogen) atoms. The van der Waals surface area contributed by atoms with E-state index in [0.29, 0.717) is 5.56 Å². The summed E-state index contributed by atoms with van der Waals surface area (Å²) in [6.45, 7) is -0.548. The number of methoxy groups -OCH3 is 1. The van der Waals surface area contributed by atoms with Crippen LogP contribution in [0.25, 0.3) is 0 Å². The van der Waals surface area contributed by atoms with Gasteiger partial charge in [-0.05, 0) is 5.56 Å². The van der Waals surface area contributed by atoms with Gasteiger partial charge in [0.25, 0.3) is 0 Å². The molecule has 1 aromatic rings. The molecule has 0 saturated heterocycles. The van der Waals surface area contributed by atoms with Gasteiger partial charge in [0, 0.05) is 0 Å². The molecule has 2 unspecified atom stereocenters. The normalized spacial score (nSPS) is 14.1. The second-order valence-corrected chi connectivity index (χ2v) is 3.48. The van der Waals surface area contributed by atoms with E-state index in [9.17, 15) is 9.90 Å². The molecular formula is C12H16O5. The molecule has 0 aliphatic heterocycles. The summed E-state index contributed by atoms with van der Waals surface area (Å²) in [5.41, 5.74) is 0.643. The summed E-state index contributed by atoms with van der Waals surface area (Å²) in [7, 11) is 1.27. The molecular weight excluding hydrogens is 224 g/mol. The number of carbonyl (C=O) groups excluding carboxylic acids is 1. The van der Waals surface area contributed by atoms with Gasteiger partial charge in [-0.25, -0.2) is 4.79 Å². The summed E-state index contributed by atoms with van der Waals surface area (Å²) in [6, 6.07) is 8.83. The molecule has 2 atom stereocenters. The van der Waals surface area contributed by atoms with Crippen LogP contribution in [0.1, 0.15) is 11.7 Å². The monoisotopic (exact) mass is 240 g/mol. The zero-order valence-corrected chi connectivity index (χ0v) is 9.57. The highest BCUT2D eigenvalue weighted by molar-refractivity contribution is 5.76. The lowest BCUT2D eigenvalue weighted by atomic mass is 10.1. The van der Waals surface area contributed by atoms with Crippen LogP contribution in [0.3, 0.4) is 0 Å². The Morgan fingerprint density at radius 1 is 1.35 bits per heavy atom. The van der Waals surface area contributed by atoms with Crippen molar-refractivity contribution in [3.8, 4) is 0 Å². The Morgan fingerprint density at radius 3 is 2.53 bits per heavy atom. The number of esters is 1. The van der Waals surface area contributed by atoms with Gasteiger partial charge < -0.3 is 19.7 Å². The van der Waals surface area contributed by atoms with E-state index in [4.69, 9.17) is 9.84 Å². The Hall–Kier alpha value is -1.43. The molecule has 0 aliphatic rings. The van der Waals surface area contributed by atoms with E-state index in [-0.39, 0.29) is 6.61 Å². The van der Waals surface area contributed by atoms with Crippen LogP contribution in [-0.2, 0) is 14.3 Å². The van der Waals surface area contributed by atoms with Crippen LogP contribution in [0.5, 0.6) is 0 Å². The van der Waals surface area contributed by atoms with Crippen molar-refractivity contribution in [2.24, 2.45) is 0 Å². The third-order valence-corrected chi connectivity index (χ3v) is 2.18. The van der Waals surface area contributed by atoms with Gasteiger partial charge in [-0.1, -0.05) is 30.3 Å². The van der Waals surface area contributed by atoms with Crippen molar-refractivity contribution in [3.63, 3.8) is 0 Å². The quantitative estimate of drug-likeness (QED) is 0.698. The summed E-state index contributed by atoms with van der Waals surface area (Å²) < 4.78 is 9.87. The van der Waals surface area contributed by atoms with E-state index in [1.54, 1.807) is 24.3 Å². The van der Waals surface area contributed by atoms with Crippen molar-refractivity contribution >= 4 is 5.97 Å². The standard InChI is InChI=1S/C12H16O5/c1-16-12(15)11(17-8-10(14)7-13)9-5-3-2-4-6-9/h2-6,10-11,13-14H,7-8H2,1H3. The summed E-state index contributed by atoms with van der Waals surface area (Å²) in [5, 5.41) is 17.8. The van der Waals surface area contributed by atoms with Gasteiger partial charge in [0.1, 0.15) is 6.10 Å². The maximum atomic E-state index is 11.5. The lowest BCUT2D eigenvalue weighted by Crippen LogP contribution is -2.25. The van der Waals surface area contributed by atoms with Crippen LogP contribution >= 0.6 is 0 Å². The van der Waals surface area contributed by atoms with Crippen molar-refractivity contribution < 1.29 is 24.5 Å². The van der Waals surface area contributed by atoms with E-state index in [1.807, 2.05) is 6.07 Å². The van der Waals surface area contributed by atoms with Crippen molar-refractivity contribution in [1.82, 2.24) is 0 Å². The second kappa shape index (κ2) is 7.01. The van der Waals surface area contributed by atoms with E-state index in [0.717, 1.165) is 0 Å². The lowest BCUT2D eigenvalue weighted by molar-refractivity contribution is -0.157. The lowest BCUT2D eigenvalue weighted by Gasteiger charge is -2.17. The fraction of sp³-hybridized carbons (Fsp3) is 0.417. The maximum Gasteiger partial charge on any atom is 0.339 e. The van der Waals surface area contributed by atoms with Gasteiger partial charge in [-0.15, -0.1) is 0 Å². The number of aliphatic hydroxyl groups excluding tert-OH is 2. The first-order valence-electron chi connectivity index (χ1n) is 5.22. The molecule has 0 amide bonds. The van der Waals surface area contributed by atoms with Crippen molar-refractivity contribution in [2.75, 3.05) is 20.3 Å². The molecule has 5 heteroatoms. The molecule has 0 aliphatic carbocycles. The summed E-state index contributed by atoms with van der Waals surface area (Å²) in [4.78, 5) is 11.5.